The van der Waals surface area contributed by atoms with Crippen molar-refractivity contribution in [3.63, 3.8) is 0 Å². The first-order valence-corrected chi connectivity index (χ1v) is 9.59. The molecule has 0 unspecified atom stereocenters. The molecule has 1 aromatic carbocycles. The van der Waals surface area contributed by atoms with Crippen LogP contribution in [0, 0.1) is 0 Å². The maximum absolute atomic E-state index is 12.5. The zero-order valence-corrected chi connectivity index (χ0v) is 16.2. The van der Waals surface area contributed by atoms with Crippen molar-refractivity contribution in [2.24, 2.45) is 0 Å². The third kappa shape index (κ3) is 3.80. The van der Waals surface area contributed by atoms with Crippen LogP contribution in [0.4, 0.5) is 11.6 Å². The summed E-state index contributed by atoms with van der Waals surface area (Å²) in [6.07, 6.45) is 7.35. The van der Waals surface area contributed by atoms with Crippen LogP contribution in [0.25, 0.3) is 22.2 Å². The number of aryl methyl sites for hydroxylation is 1. The van der Waals surface area contributed by atoms with Crippen LogP contribution in [-0.4, -0.2) is 25.4 Å². The van der Waals surface area contributed by atoms with Gasteiger partial charge in [-0.05, 0) is 36.2 Å². The summed E-state index contributed by atoms with van der Waals surface area (Å²) in [7, 11) is 0. The second-order valence-corrected chi connectivity index (χ2v) is 6.79. The number of fused-ring (bicyclic) bond motifs is 1. The number of anilines is 2. The fraction of sp³-hybridized carbons (Fsp3) is 0.182. The third-order valence-electron chi connectivity index (χ3n) is 4.80. The van der Waals surface area contributed by atoms with E-state index in [-0.39, 0.29) is 5.91 Å². The van der Waals surface area contributed by atoms with Gasteiger partial charge >= 0.3 is 0 Å². The lowest BCUT2D eigenvalue weighted by Crippen LogP contribution is -2.12. The lowest BCUT2D eigenvalue weighted by Gasteiger charge is -2.06. The fourth-order valence-corrected chi connectivity index (χ4v) is 3.29. The van der Waals surface area contributed by atoms with E-state index in [4.69, 9.17) is 5.73 Å². The Bertz CT molecular complexity index is 1140. The fourth-order valence-electron chi connectivity index (χ4n) is 3.29. The number of nitrogens with zero attached hydrogens (tertiary/aromatic N) is 4. The van der Waals surface area contributed by atoms with Crippen LogP contribution in [0.1, 0.15) is 30.1 Å². The summed E-state index contributed by atoms with van der Waals surface area (Å²) in [6, 6.07) is 12.8. The molecule has 29 heavy (non-hydrogen) atoms. The molecule has 4 aromatic rings. The molecule has 0 saturated heterocycles. The Kier molecular flexibility index (Phi) is 5.20. The van der Waals surface area contributed by atoms with Gasteiger partial charge in [0.1, 0.15) is 23.6 Å². The first-order valence-electron chi connectivity index (χ1n) is 9.59. The summed E-state index contributed by atoms with van der Waals surface area (Å²) in [4.78, 5) is 25.2. The van der Waals surface area contributed by atoms with Gasteiger partial charge in [0.15, 0.2) is 0 Å². The van der Waals surface area contributed by atoms with Gasteiger partial charge in [0.2, 0.25) is 0 Å². The van der Waals surface area contributed by atoms with Crippen molar-refractivity contribution in [1.82, 2.24) is 19.5 Å². The number of amides is 1. The van der Waals surface area contributed by atoms with Crippen molar-refractivity contribution in [1.29, 1.82) is 0 Å². The Labute approximate surface area is 168 Å². The number of carbonyl (C=O) groups is 1. The Morgan fingerprint density at radius 1 is 1.10 bits per heavy atom. The van der Waals surface area contributed by atoms with Gasteiger partial charge in [-0.15, -0.1) is 0 Å². The largest absolute Gasteiger partial charge is 0.383 e. The van der Waals surface area contributed by atoms with E-state index in [2.05, 4.69) is 38.0 Å². The monoisotopic (exact) mass is 386 g/mol. The average Bonchev–Trinajstić information content (AvgIpc) is 3.13. The molecule has 3 heterocycles. The molecule has 0 radical (unpaired) electrons. The number of nitrogens with one attached hydrogen (secondary N) is 1. The van der Waals surface area contributed by atoms with Gasteiger partial charge < -0.3 is 15.6 Å². The summed E-state index contributed by atoms with van der Waals surface area (Å²) in [5.74, 6) is 0.770. The number of nitrogen functional groups attached to an aromatic ring is 1. The minimum absolute atomic E-state index is 0.205. The maximum atomic E-state index is 12.5. The number of nitrogens with two attached hydrogens (primary N) is 1. The molecular weight excluding hydrogens is 364 g/mol. The van der Waals surface area contributed by atoms with E-state index in [1.54, 1.807) is 30.5 Å². The van der Waals surface area contributed by atoms with Crippen molar-refractivity contribution in [3.8, 4) is 11.1 Å². The van der Waals surface area contributed by atoms with E-state index in [0.717, 1.165) is 41.5 Å². The molecule has 0 aliphatic heterocycles. The van der Waals surface area contributed by atoms with Crippen LogP contribution in [0.5, 0.6) is 0 Å². The Morgan fingerprint density at radius 2 is 1.93 bits per heavy atom. The Hall–Kier alpha value is -3.74. The molecule has 0 fully saturated rings. The minimum atomic E-state index is -0.205. The molecule has 0 atom stereocenters. The molecular formula is C22H22N6O. The topological polar surface area (TPSA) is 98.7 Å². The number of carbonyl (C=O) groups excluding carboxylic acids is 1. The quantitative estimate of drug-likeness (QED) is 0.519. The number of aromatic nitrogens is 4. The highest BCUT2D eigenvalue weighted by atomic mass is 16.1. The normalized spacial score (nSPS) is 10.9. The third-order valence-corrected chi connectivity index (χ3v) is 4.80. The molecule has 0 aliphatic rings. The van der Waals surface area contributed by atoms with E-state index >= 15 is 0 Å². The zero-order valence-electron chi connectivity index (χ0n) is 16.2. The zero-order chi connectivity index (χ0) is 20.2. The Morgan fingerprint density at radius 3 is 2.66 bits per heavy atom. The summed E-state index contributed by atoms with van der Waals surface area (Å²) in [5, 5.41) is 3.63. The molecule has 3 N–H and O–H groups in total. The number of hydrogen-bond donors (Lipinski definition) is 2. The van der Waals surface area contributed by atoms with E-state index in [1.807, 2.05) is 18.2 Å². The highest BCUT2D eigenvalue weighted by Gasteiger charge is 2.15. The summed E-state index contributed by atoms with van der Waals surface area (Å²) < 4.78 is 2.12. The lowest BCUT2D eigenvalue weighted by molar-refractivity contribution is 0.102. The number of benzene rings is 1. The second-order valence-electron chi connectivity index (χ2n) is 6.79. The molecule has 0 spiro atoms. The second kappa shape index (κ2) is 8.10. The van der Waals surface area contributed by atoms with Gasteiger partial charge in [-0.2, -0.15) is 0 Å². The van der Waals surface area contributed by atoms with E-state index < -0.39 is 0 Å². The van der Waals surface area contributed by atoms with E-state index in [9.17, 15) is 4.79 Å². The molecule has 0 saturated carbocycles. The predicted octanol–water partition coefficient (Wildman–Crippen LogP) is 4.13. The van der Waals surface area contributed by atoms with Crippen molar-refractivity contribution in [2.45, 2.75) is 26.3 Å². The van der Waals surface area contributed by atoms with Gasteiger partial charge in [0.05, 0.1) is 5.39 Å². The summed E-state index contributed by atoms with van der Waals surface area (Å²) in [6.45, 7) is 3.03. The molecule has 7 nitrogen and oxygen atoms in total. The summed E-state index contributed by atoms with van der Waals surface area (Å²) in [5.41, 5.74) is 9.47. The SMILES string of the molecule is CCCCn1cc(-c2ccc(C(=O)Nc3ccccn3)cc2)c2c(N)ncnc21. The number of hydrogen-bond acceptors (Lipinski definition) is 5. The van der Waals surface area contributed by atoms with Crippen LogP contribution in [-0.2, 0) is 6.54 Å². The molecule has 0 bridgehead atoms. The molecule has 0 aliphatic carbocycles. The van der Waals surface area contributed by atoms with Crippen LogP contribution in [0.3, 0.4) is 0 Å². The van der Waals surface area contributed by atoms with Gasteiger partial charge in [0.25, 0.3) is 5.91 Å². The minimum Gasteiger partial charge on any atom is -0.383 e. The van der Waals surface area contributed by atoms with Gasteiger partial charge in [-0.3, -0.25) is 4.79 Å². The van der Waals surface area contributed by atoms with E-state index in [0.29, 0.717) is 17.2 Å². The van der Waals surface area contributed by atoms with Crippen LogP contribution in [0.15, 0.2) is 61.2 Å². The molecule has 146 valence electrons. The average molecular weight is 386 g/mol. The van der Waals surface area contributed by atoms with Crippen molar-refractivity contribution in [2.75, 3.05) is 11.1 Å². The van der Waals surface area contributed by atoms with Crippen LogP contribution >= 0.6 is 0 Å². The lowest BCUT2D eigenvalue weighted by atomic mass is 10.0. The smallest absolute Gasteiger partial charge is 0.256 e. The number of pyridine rings is 1. The predicted molar refractivity (Wildman–Crippen MR) is 114 cm³/mol. The van der Waals surface area contributed by atoms with Crippen LogP contribution in [0.2, 0.25) is 0 Å². The molecule has 3 aromatic heterocycles. The van der Waals surface area contributed by atoms with Crippen LogP contribution < -0.4 is 11.1 Å². The van der Waals surface area contributed by atoms with E-state index in [1.165, 1.54) is 6.33 Å². The van der Waals surface area contributed by atoms with Crippen molar-refractivity contribution >= 4 is 28.6 Å². The molecule has 4 rings (SSSR count). The molecule has 7 heteroatoms. The van der Waals surface area contributed by atoms with Crippen molar-refractivity contribution in [3.05, 3.63) is 66.7 Å². The first kappa shape index (κ1) is 18.6. The number of unbranched alkanes of at least 4 members (excludes halogenated alkanes) is 1. The standard InChI is InChI=1S/C22H22N6O/c1-2-3-12-28-13-17(19-20(23)25-14-26-21(19)28)15-7-9-16(10-8-15)22(29)27-18-6-4-5-11-24-18/h4-11,13-14H,2-3,12H2,1H3,(H2,23,25,26)(H,24,27,29). The van der Waals surface area contributed by atoms with Gasteiger partial charge in [0, 0.05) is 30.1 Å². The summed E-state index contributed by atoms with van der Waals surface area (Å²) >= 11 is 0. The Balaban J connectivity index is 1.65. The number of rotatable bonds is 6. The van der Waals surface area contributed by atoms with Gasteiger partial charge in [-0.25, -0.2) is 15.0 Å². The molecule has 1 amide bonds. The maximum Gasteiger partial charge on any atom is 0.256 e. The highest BCUT2D eigenvalue weighted by molar-refractivity contribution is 6.05. The van der Waals surface area contributed by atoms with Crippen molar-refractivity contribution < 1.29 is 4.79 Å². The first-order chi connectivity index (χ1) is 14.2. The van der Waals surface area contributed by atoms with Gasteiger partial charge in [-0.1, -0.05) is 31.5 Å². The highest BCUT2D eigenvalue weighted by Crippen LogP contribution is 2.33.